The van der Waals surface area contributed by atoms with E-state index in [-0.39, 0.29) is 5.82 Å². The van der Waals surface area contributed by atoms with Gasteiger partial charge in [0, 0.05) is 24.8 Å². The highest BCUT2D eigenvalue weighted by Crippen LogP contribution is 2.30. The van der Waals surface area contributed by atoms with E-state index in [1.807, 2.05) is 6.07 Å². The van der Waals surface area contributed by atoms with Gasteiger partial charge >= 0.3 is 0 Å². The minimum atomic E-state index is -0.198. The highest BCUT2D eigenvalue weighted by molar-refractivity contribution is 5.54. The minimum absolute atomic E-state index is 0.198. The number of benzene rings is 1. The summed E-state index contributed by atoms with van der Waals surface area (Å²) in [5.74, 6) is -0.198. The molecular formula is C14H21FN2. The summed E-state index contributed by atoms with van der Waals surface area (Å²) >= 11 is 0. The molecule has 94 valence electrons. The van der Waals surface area contributed by atoms with Gasteiger partial charge in [-0.25, -0.2) is 4.39 Å². The molecule has 0 aliphatic heterocycles. The molecule has 0 atom stereocenters. The third-order valence-corrected chi connectivity index (χ3v) is 3.68. The smallest absolute Gasteiger partial charge is 0.123 e. The van der Waals surface area contributed by atoms with Crippen molar-refractivity contribution in [3.05, 3.63) is 29.6 Å². The van der Waals surface area contributed by atoms with Crippen LogP contribution in [0.2, 0.25) is 0 Å². The van der Waals surface area contributed by atoms with Crippen LogP contribution in [0.1, 0.15) is 38.2 Å². The lowest BCUT2D eigenvalue weighted by Gasteiger charge is -2.31. The lowest BCUT2D eigenvalue weighted by atomic mass is 10.1. The van der Waals surface area contributed by atoms with Crippen LogP contribution in [0.25, 0.3) is 0 Å². The van der Waals surface area contributed by atoms with Crippen LogP contribution in [-0.2, 0) is 6.54 Å². The Morgan fingerprint density at radius 2 is 2.06 bits per heavy atom. The zero-order valence-electron chi connectivity index (χ0n) is 10.5. The van der Waals surface area contributed by atoms with Gasteiger partial charge in [0.15, 0.2) is 0 Å². The Bertz CT molecular complexity index is 372. The molecule has 2 N–H and O–H groups in total. The monoisotopic (exact) mass is 236 g/mol. The van der Waals surface area contributed by atoms with E-state index < -0.39 is 0 Å². The quantitative estimate of drug-likeness (QED) is 0.870. The summed E-state index contributed by atoms with van der Waals surface area (Å²) in [5.41, 5.74) is 7.75. The molecule has 0 amide bonds. The van der Waals surface area contributed by atoms with Gasteiger partial charge in [0.1, 0.15) is 5.82 Å². The SMILES string of the molecule is CCN(c1ccc(F)cc1CN)C1CCCC1. The number of hydrogen-bond donors (Lipinski definition) is 1. The van der Waals surface area contributed by atoms with Crippen molar-refractivity contribution in [1.29, 1.82) is 0 Å². The van der Waals surface area contributed by atoms with Crippen molar-refractivity contribution in [1.82, 2.24) is 0 Å². The predicted octanol–water partition coefficient (Wildman–Crippen LogP) is 3.05. The van der Waals surface area contributed by atoms with Crippen molar-refractivity contribution >= 4 is 5.69 Å². The van der Waals surface area contributed by atoms with E-state index in [1.54, 1.807) is 6.07 Å². The third kappa shape index (κ3) is 2.60. The van der Waals surface area contributed by atoms with E-state index in [4.69, 9.17) is 5.73 Å². The van der Waals surface area contributed by atoms with E-state index in [1.165, 1.54) is 31.7 Å². The fourth-order valence-electron chi connectivity index (χ4n) is 2.84. The lowest BCUT2D eigenvalue weighted by Crippen LogP contribution is -2.34. The predicted molar refractivity (Wildman–Crippen MR) is 69.6 cm³/mol. The molecule has 0 saturated heterocycles. The molecule has 0 spiro atoms. The fourth-order valence-corrected chi connectivity index (χ4v) is 2.84. The molecule has 2 rings (SSSR count). The molecule has 1 fully saturated rings. The molecule has 1 aliphatic carbocycles. The number of hydrogen-bond acceptors (Lipinski definition) is 2. The average molecular weight is 236 g/mol. The molecule has 0 aromatic heterocycles. The Labute approximate surface area is 103 Å². The summed E-state index contributed by atoms with van der Waals surface area (Å²) in [7, 11) is 0. The normalized spacial score (nSPS) is 16.4. The lowest BCUT2D eigenvalue weighted by molar-refractivity contribution is 0.608. The highest BCUT2D eigenvalue weighted by Gasteiger charge is 2.23. The molecule has 0 heterocycles. The van der Waals surface area contributed by atoms with E-state index in [9.17, 15) is 4.39 Å². The molecule has 1 aromatic rings. The molecule has 2 nitrogen and oxygen atoms in total. The number of nitrogens with zero attached hydrogens (tertiary/aromatic N) is 1. The second-order valence-corrected chi connectivity index (χ2v) is 4.70. The van der Waals surface area contributed by atoms with Crippen LogP contribution in [0.3, 0.4) is 0 Å². The Hall–Kier alpha value is -1.09. The third-order valence-electron chi connectivity index (χ3n) is 3.68. The van der Waals surface area contributed by atoms with Crippen LogP contribution < -0.4 is 10.6 Å². The maximum atomic E-state index is 13.2. The molecule has 1 saturated carbocycles. The molecule has 1 aromatic carbocycles. The minimum Gasteiger partial charge on any atom is -0.369 e. The van der Waals surface area contributed by atoms with Gasteiger partial charge in [-0.1, -0.05) is 12.8 Å². The summed E-state index contributed by atoms with van der Waals surface area (Å²) in [6.45, 7) is 3.52. The zero-order chi connectivity index (χ0) is 12.3. The van der Waals surface area contributed by atoms with Crippen LogP contribution in [0.4, 0.5) is 10.1 Å². The molecular weight excluding hydrogens is 215 g/mol. The summed E-state index contributed by atoms with van der Waals surface area (Å²) in [6.07, 6.45) is 5.10. The maximum absolute atomic E-state index is 13.2. The van der Waals surface area contributed by atoms with Crippen molar-refractivity contribution in [2.45, 2.75) is 45.2 Å². The van der Waals surface area contributed by atoms with E-state index >= 15 is 0 Å². The van der Waals surface area contributed by atoms with Gasteiger partial charge in [-0.15, -0.1) is 0 Å². The Morgan fingerprint density at radius 3 is 2.65 bits per heavy atom. The molecule has 0 bridgehead atoms. The summed E-state index contributed by atoms with van der Waals surface area (Å²) in [4.78, 5) is 2.38. The van der Waals surface area contributed by atoms with Gasteiger partial charge in [-0.3, -0.25) is 0 Å². The first-order chi connectivity index (χ1) is 8.26. The van der Waals surface area contributed by atoms with Crippen LogP contribution in [-0.4, -0.2) is 12.6 Å². The van der Waals surface area contributed by atoms with Gasteiger partial charge in [-0.2, -0.15) is 0 Å². The number of anilines is 1. The van der Waals surface area contributed by atoms with Crippen molar-refractivity contribution < 1.29 is 4.39 Å². The maximum Gasteiger partial charge on any atom is 0.123 e. The fraction of sp³-hybridized carbons (Fsp3) is 0.571. The molecule has 0 radical (unpaired) electrons. The standard InChI is InChI=1S/C14H21FN2/c1-2-17(13-5-3-4-6-13)14-8-7-12(15)9-11(14)10-16/h7-9,13H,2-6,10,16H2,1H3. The Kier molecular flexibility index (Phi) is 4.00. The van der Waals surface area contributed by atoms with Crippen molar-refractivity contribution in [2.24, 2.45) is 5.73 Å². The molecule has 17 heavy (non-hydrogen) atoms. The van der Waals surface area contributed by atoms with Crippen LogP contribution >= 0.6 is 0 Å². The van der Waals surface area contributed by atoms with Gasteiger partial charge in [0.2, 0.25) is 0 Å². The van der Waals surface area contributed by atoms with Crippen molar-refractivity contribution in [3.63, 3.8) is 0 Å². The second kappa shape index (κ2) is 5.50. The van der Waals surface area contributed by atoms with Crippen molar-refractivity contribution in [3.8, 4) is 0 Å². The second-order valence-electron chi connectivity index (χ2n) is 4.70. The number of nitrogens with two attached hydrogens (primary N) is 1. The van der Waals surface area contributed by atoms with E-state index in [0.29, 0.717) is 12.6 Å². The summed E-state index contributed by atoms with van der Waals surface area (Å²) < 4.78 is 13.2. The first-order valence-corrected chi connectivity index (χ1v) is 6.51. The molecule has 1 aliphatic rings. The molecule has 0 unspecified atom stereocenters. The van der Waals surface area contributed by atoms with Crippen LogP contribution in [0, 0.1) is 5.82 Å². The van der Waals surface area contributed by atoms with Gasteiger partial charge in [-0.05, 0) is 43.5 Å². The van der Waals surface area contributed by atoms with E-state index in [0.717, 1.165) is 17.8 Å². The van der Waals surface area contributed by atoms with E-state index in [2.05, 4.69) is 11.8 Å². The topological polar surface area (TPSA) is 29.3 Å². The number of rotatable bonds is 4. The Morgan fingerprint density at radius 1 is 1.35 bits per heavy atom. The van der Waals surface area contributed by atoms with Gasteiger partial charge in [0.05, 0.1) is 0 Å². The van der Waals surface area contributed by atoms with Crippen LogP contribution in [0.5, 0.6) is 0 Å². The summed E-state index contributed by atoms with van der Waals surface area (Å²) in [6, 6.07) is 5.58. The zero-order valence-corrected chi connectivity index (χ0v) is 10.5. The van der Waals surface area contributed by atoms with Crippen molar-refractivity contribution in [2.75, 3.05) is 11.4 Å². The highest BCUT2D eigenvalue weighted by atomic mass is 19.1. The number of halogens is 1. The average Bonchev–Trinajstić information content (AvgIpc) is 2.85. The van der Waals surface area contributed by atoms with Gasteiger partial charge in [0.25, 0.3) is 0 Å². The summed E-state index contributed by atoms with van der Waals surface area (Å²) in [5, 5.41) is 0. The molecule has 3 heteroatoms. The first-order valence-electron chi connectivity index (χ1n) is 6.51. The Balaban J connectivity index is 2.29. The first kappa shape index (κ1) is 12.4. The van der Waals surface area contributed by atoms with Crippen LogP contribution in [0.15, 0.2) is 18.2 Å². The van der Waals surface area contributed by atoms with Gasteiger partial charge < -0.3 is 10.6 Å². The largest absolute Gasteiger partial charge is 0.369 e.